The van der Waals surface area contributed by atoms with E-state index in [1.54, 1.807) is 11.0 Å². The van der Waals surface area contributed by atoms with Gasteiger partial charge >= 0.3 is 5.97 Å². The highest BCUT2D eigenvalue weighted by Crippen LogP contribution is 2.33. The minimum absolute atomic E-state index is 0.0150. The summed E-state index contributed by atoms with van der Waals surface area (Å²) in [5.74, 6) is -0.754. The van der Waals surface area contributed by atoms with Crippen LogP contribution in [0.1, 0.15) is 15.9 Å². The van der Waals surface area contributed by atoms with Gasteiger partial charge in [-0.15, -0.1) is 0 Å². The Labute approximate surface area is 166 Å². The number of carboxylic acid groups (broad SMARTS) is 1. The molecular formula is C21H18FN5O2. The maximum absolute atomic E-state index is 15.0. The lowest BCUT2D eigenvalue weighted by molar-refractivity contribution is 0.0697. The zero-order valence-electron chi connectivity index (χ0n) is 16.1. The summed E-state index contributed by atoms with van der Waals surface area (Å²) in [5, 5.41) is 13.8. The molecule has 0 aliphatic heterocycles. The summed E-state index contributed by atoms with van der Waals surface area (Å²) >= 11 is 0. The van der Waals surface area contributed by atoms with Crippen LogP contribution in [0.5, 0.6) is 0 Å². The summed E-state index contributed by atoms with van der Waals surface area (Å²) in [7, 11) is 3.65. The SMILES string of the molecule is Cc1ccccc1-c1cc2c(N(C)C)nc(-n3cc(C(=O)O)cn3)nc2cc1F. The third kappa shape index (κ3) is 3.29. The van der Waals surface area contributed by atoms with Crippen LogP contribution >= 0.6 is 0 Å². The van der Waals surface area contributed by atoms with E-state index in [0.717, 1.165) is 11.1 Å². The van der Waals surface area contributed by atoms with Crippen molar-refractivity contribution in [1.82, 2.24) is 19.7 Å². The molecule has 4 rings (SSSR count). The number of rotatable bonds is 4. The summed E-state index contributed by atoms with van der Waals surface area (Å²) in [6.45, 7) is 1.93. The number of carboxylic acids is 1. The number of nitrogens with zero attached hydrogens (tertiary/aromatic N) is 5. The quantitative estimate of drug-likeness (QED) is 0.571. The Kier molecular flexibility index (Phi) is 4.46. The van der Waals surface area contributed by atoms with Crippen molar-refractivity contribution in [2.45, 2.75) is 6.92 Å². The molecule has 2 aromatic carbocycles. The third-order valence-corrected chi connectivity index (χ3v) is 4.65. The van der Waals surface area contributed by atoms with Gasteiger partial charge in [-0.3, -0.25) is 0 Å². The van der Waals surface area contributed by atoms with Crippen LogP contribution in [-0.2, 0) is 0 Å². The predicted octanol–water partition coefficient (Wildman–Crippen LogP) is 3.69. The second-order valence-corrected chi connectivity index (χ2v) is 6.88. The molecule has 0 aliphatic carbocycles. The van der Waals surface area contributed by atoms with Crippen molar-refractivity contribution in [3.05, 3.63) is 65.7 Å². The Hall–Kier alpha value is -3.81. The minimum atomic E-state index is -1.10. The van der Waals surface area contributed by atoms with Gasteiger partial charge in [-0.05, 0) is 24.1 Å². The lowest BCUT2D eigenvalue weighted by atomic mass is 9.98. The van der Waals surface area contributed by atoms with Crippen molar-refractivity contribution in [1.29, 1.82) is 0 Å². The maximum Gasteiger partial charge on any atom is 0.338 e. The molecule has 0 fully saturated rings. The number of hydrogen-bond acceptors (Lipinski definition) is 5. The van der Waals surface area contributed by atoms with Crippen molar-refractivity contribution >= 4 is 22.7 Å². The smallest absolute Gasteiger partial charge is 0.338 e. The van der Waals surface area contributed by atoms with Crippen LogP contribution in [0, 0.1) is 12.7 Å². The van der Waals surface area contributed by atoms with Crippen molar-refractivity contribution in [3.8, 4) is 17.1 Å². The monoisotopic (exact) mass is 391 g/mol. The van der Waals surface area contributed by atoms with Crippen molar-refractivity contribution in [2.24, 2.45) is 0 Å². The van der Waals surface area contributed by atoms with Gasteiger partial charge in [-0.2, -0.15) is 10.1 Å². The number of anilines is 1. The van der Waals surface area contributed by atoms with E-state index in [4.69, 9.17) is 5.11 Å². The molecule has 29 heavy (non-hydrogen) atoms. The lowest BCUT2D eigenvalue weighted by Gasteiger charge is -2.17. The van der Waals surface area contributed by atoms with Gasteiger partial charge in [-0.25, -0.2) is 18.9 Å². The molecule has 4 aromatic rings. The normalized spacial score (nSPS) is 11.0. The highest BCUT2D eigenvalue weighted by Gasteiger charge is 2.17. The Balaban J connectivity index is 1.95. The molecule has 0 aliphatic rings. The summed E-state index contributed by atoms with van der Waals surface area (Å²) in [6, 6.07) is 10.7. The van der Waals surface area contributed by atoms with E-state index in [1.807, 2.05) is 45.3 Å². The first kappa shape index (κ1) is 18.5. The largest absolute Gasteiger partial charge is 0.478 e. The fraction of sp³-hybridized carbons (Fsp3) is 0.143. The molecule has 2 aromatic heterocycles. The molecule has 146 valence electrons. The number of benzene rings is 2. The van der Waals surface area contributed by atoms with Gasteiger partial charge in [0, 0.05) is 37.3 Å². The molecule has 8 heteroatoms. The highest BCUT2D eigenvalue weighted by atomic mass is 19.1. The van der Waals surface area contributed by atoms with Gasteiger partial charge in [0.05, 0.1) is 17.3 Å². The van der Waals surface area contributed by atoms with E-state index in [2.05, 4.69) is 15.1 Å². The molecule has 0 amide bonds. The summed E-state index contributed by atoms with van der Waals surface area (Å²) in [6.07, 6.45) is 2.54. The molecule has 0 atom stereocenters. The van der Waals surface area contributed by atoms with E-state index in [0.29, 0.717) is 22.3 Å². The maximum atomic E-state index is 15.0. The zero-order chi connectivity index (χ0) is 20.7. The second kappa shape index (κ2) is 6.97. The first-order valence-electron chi connectivity index (χ1n) is 8.88. The number of aryl methyl sites for hydroxylation is 1. The molecule has 0 spiro atoms. The Bertz CT molecular complexity index is 1250. The van der Waals surface area contributed by atoms with Crippen LogP contribution in [0.2, 0.25) is 0 Å². The summed E-state index contributed by atoms with van der Waals surface area (Å²) in [4.78, 5) is 21.9. The average Bonchev–Trinajstić information content (AvgIpc) is 3.17. The van der Waals surface area contributed by atoms with Gasteiger partial charge in [0.15, 0.2) is 0 Å². The first-order chi connectivity index (χ1) is 13.8. The van der Waals surface area contributed by atoms with Gasteiger partial charge in [0.25, 0.3) is 5.95 Å². The van der Waals surface area contributed by atoms with Gasteiger partial charge < -0.3 is 10.0 Å². The van der Waals surface area contributed by atoms with E-state index in [-0.39, 0.29) is 11.5 Å². The molecule has 0 radical (unpaired) electrons. The Morgan fingerprint density at radius 1 is 1.14 bits per heavy atom. The van der Waals surface area contributed by atoms with Crippen LogP contribution < -0.4 is 4.90 Å². The van der Waals surface area contributed by atoms with E-state index >= 15 is 0 Å². The summed E-state index contributed by atoms with van der Waals surface area (Å²) in [5.41, 5.74) is 2.66. The third-order valence-electron chi connectivity index (χ3n) is 4.65. The number of aromatic carboxylic acids is 1. The van der Waals surface area contributed by atoms with E-state index in [9.17, 15) is 9.18 Å². The Morgan fingerprint density at radius 3 is 2.55 bits per heavy atom. The molecule has 1 N–H and O–H groups in total. The Morgan fingerprint density at radius 2 is 1.90 bits per heavy atom. The summed E-state index contributed by atoms with van der Waals surface area (Å²) < 4.78 is 16.3. The first-order valence-corrected chi connectivity index (χ1v) is 8.88. The van der Waals surface area contributed by atoms with Gasteiger partial charge in [-0.1, -0.05) is 24.3 Å². The lowest BCUT2D eigenvalue weighted by Crippen LogP contribution is -2.14. The van der Waals surface area contributed by atoms with Gasteiger partial charge in [0.1, 0.15) is 11.6 Å². The molecule has 0 saturated carbocycles. The number of fused-ring (bicyclic) bond motifs is 1. The molecule has 0 unspecified atom stereocenters. The fourth-order valence-electron chi connectivity index (χ4n) is 3.19. The fourth-order valence-corrected chi connectivity index (χ4v) is 3.19. The van der Waals surface area contributed by atoms with E-state index < -0.39 is 11.8 Å². The van der Waals surface area contributed by atoms with Crippen molar-refractivity contribution in [2.75, 3.05) is 19.0 Å². The van der Waals surface area contributed by atoms with Crippen molar-refractivity contribution < 1.29 is 14.3 Å². The van der Waals surface area contributed by atoms with Crippen LogP contribution in [-0.4, -0.2) is 44.9 Å². The average molecular weight is 391 g/mol. The van der Waals surface area contributed by atoms with Crippen LogP contribution in [0.3, 0.4) is 0 Å². The minimum Gasteiger partial charge on any atom is -0.478 e. The standard InChI is InChI=1S/C21H18FN5O2/c1-12-6-4-5-7-14(12)15-8-16-18(9-17(15)22)24-21(25-19(16)26(2)3)27-11-13(10-23-27)20(28)29/h4-11H,1-3H3,(H,28,29). The number of aromatic nitrogens is 4. The van der Waals surface area contributed by atoms with Crippen LogP contribution in [0.25, 0.3) is 28.0 Å². The molecule has 7 nitrogen and oxygen atoms in total. The zero-order valence-corrected chi connectivity index (χ0v) is 16.1. The molecule has 0 bridgehead atoms. The topological polar surface area (TPSA) is 84.1 Å². The molecule has 0 saturated heterocycles. The van der Waals surface area contributed by atoms with Crippen LogP contribution in [0.4, 0.5) is 10.2 Å². The predicted molar refractivity (Wildman–Crippen MR) is 108 cm³/mol. The molecular weight excluding hydrogens is 373 g/mol. The second-order valence-electron chi connectivity index (χ2n) is 6.88. The highest BCUT2D eigenvalue weighted by molar-refractivity contribution is 5.94. The van der Waals surface area contributed by atoms with Crippen molar-refractivity contribution in [3.63, 3.8) is 0 Å². The molecule has 2 heterocycles. The van der Waals surface area contributed by atoms with E-state index in [1.165, 1.54) is 23.1 Å². The number of hydrogen-bond donors (Lipinski definition) is 1. The van der Waals surface area contributed by atoms with Gasteiger partial charge in [0.2, 0.25) is 0 Å². The number of carbonyl (C=O) groups is 1. The number of halogens is 1. The van der Waals surface area contributed by atoms with Crippen LogP contribution in [0.15, 0.2) is 48.8 Å².